The van der Waals surface area contributed by atoms with Crippen LogP contribution in [-0.2, 0) is 0 Å². The number of halogens is 1. The lowest BCUT2D eigenvalue weighted by atomic mass is 9.90. The fourth-order valence-corrected chi connectivity index (χ4v) is 4.80. The first kappa shape index (κ1) is 17.0. The van der Waals surface area contributed by atoms with Crippen molar-refractivity contribution < 1.29 is 9.47 Å². The van der Waals surface area contributed by atoms with Gasteiger partial charge < -0.3 is 14.8 Å². The second kappa shape index (κ2) is 8.30. The lowest BCUT2D eigenvalue weighted by Crippen LogP contribution is -2.22. The Hall–Kier alpha value is -0.390. The van der Waals surface area contributed by atoms with Gasteiger partial charge in [0, 0.05) is 11.6 Å². The van der Waals surface area contributed by atoms with E-state index >= 15 is 0 Å². The van der Waals surface area contributed by atoms with E-state index < -0.39 is 0 Å². The van der Waals surface area contributed by atoms with E-state index in [0.29, 0.717) is 6.04 Å². The van der Waals surface area contributed by atoms with Crippen LogP contribution in [0.1, 0.15) is 30.9 Å². The highest BCUT2D eigenvalue weighted by Crippen LogP contribution is 2.41. The molecule has 118 valence electrons. The van der Waals surface area contributed by atoms with Crippen molar-refractivity contribution in [2.45, 2.75) is 25.3 Å². The maximum Gasteiger partial charge on any atom is 0.141 e. The Morgan fingerprint density at radius 3 is 2.57 bits per heavy atom. The predicted molar refractivity (Wildman–Crippen MR) is 93.7 cm³/mol. The molecule has 1 aromatic rings. The third-order valence-electron chi connectivity index (χ3n) is 4.15. The number of hydrogen-bond acceptors (Lipinski definition) is 4. The minimum atomic E-state index is 0.315. The van der Waals surface area contributed by atoms with Gasteiger partial charge in [-0.05, 0) is 71.8 Å². The Labute approximate surface area is 140 Å². The second-order valence-corrected chi connectivity index (χ2v) is 7.35. The molecule has 1 aliphatic rings. The number of thioether (sulfide) groups is 1. The van der Waals surface area contributed by atoms with Crippen LogP contribution in [-0.4, -0.2) is 32.8 Å². The molecule has 1 aliphatic heterocycles. The zero-order valence-corrected chi connectivity index (χ0v) is 15.4. The van der Waals surface area contributed by atoms with Gasteiger partial charge in [-0.15, -0.1) is 0 Å². The van der Waals surface area contributed by atoms with Crippen molar-refractivity contribution in [3.05, 3.63) is 22.2 Å². The molecule has 0 aromatic heterocycles. The lowest BCUT2D eigenvalue weighted by molar-refractivity contribution is 0.356. The summed E-state index contributed by atoms with van der Waals surface area (Å²) in [7, 11) is 5.42. The molecular weight excluding hydrogens is 350 g/mol. The molecule has 1 unspecified atom stereocenters. The summed E-state index contributed by atoms with van der Waals surface area (Å²) in [5.41, 5.74) is 1.20. The molecule has 1 aromatic carbocycles. The van der Waals surface area contributed by atoms with E-state index in [9.17, 15) is 0 Å². The van der Waals surface area contributed by atoms with Crippen molar-refractivity contribution in [3.8, 4) is 11.5 Å². The van der Waals surface area contributed by atoms with Crippen LogP contribution < -0.4 is 14.8 Å². The van der Waals surface area contributed by atoms with Gasteiger partial charge in [-0.2, -0.15) is 11.8 Å². The molecule has 0 spiro atoms. The van der Waals surface area contributed by atoms with Crippen molar-refractivity contribution in [2.75, 3.05) is 32.8 Å². The number of rotatable bonds is 6. The molecule has 0 radical (unpaired) electrons. The van der Waals surface area contributed by atoms with Crippen molar-refractivity contribution in [1.82, 2.24) is 5.32 Å². The first-order valence-corrected chi connectivity index (χ1v) is 9.31. The van der Waals surface area contributed by atoms with Crippen LogP contribution in [0.4, 0.5) is 0 Å². The largest absolute Gasteiger partial charge is 0.495 e. The summed E-state index contributed by atoms with van der Waals surface area (Å²) in [6.45, 7) is 0. The first-order valence-electron chi connectivity index (χ1n) is 7.36. The van der Waals surface area contributed by atoms with Gasteiger partial charge in [0.25, 0.3) is 0 Å². The summed E-state index contributed by atoms with van der Waals surface area (Å²) >= 11 is 5.67. The van der Waals surface area contributed by atoms with Gasteiger partial charge in [-0.3, -0.25) is 0 Å². The first-order chi connectivity index (χ1) is 10.2. The number of methoxy groups -OCH3 is 2. The van der Waals surface area contributed by atoms with E-state index in [0.717, 1.165) is 28.3 Å². The number of ether oxygens (including phenoxy) is 2. The Morgan fingerprint density at radius 2 is 2.00 bits per heavy atom. The van der Waals surface area contributed by atoms with Crippen LogP contribution in [0.3, 0.4) is 0 Å². The Morgan fingerprint density at radius 1 is 1.29 bits per heavy atom. The molecule has 1 fully saturated rings. The molecule has 21 heavy (non-hydrogen) atoms. The van der Waals surface area contributed by atoms with Gasteiger partial charge >= 0.3 is 0 Å². The fourth-order valence-electron chi connectivity index (χ4n) is 2.91. The fraction of sp³-hybridized carbons (Fsp3) is 0.625. The van der Waals surface area contributed by atoms with Crippen LogP contribution in [0.15, 0.2) is 16.6 Å². The van der Waals surface area contributed by atoms with E-state index in [1.165, 1.54) is 29.9 Å². The standard InChI is InChI=1S/C16H24BrNO2S/c1-18-13(10-11-6-8-21-9-7-11)12-4-5-14(19-2)15(17)16(12)20-3/h4-5,11,13,18H,6-10H2,1-3H3. The molecule has 1 heterocycles. The minimum Gasteiger partial charge on any atom is -0.495 e. The molecule has 2 rings (SSSR count). The summed E-state index contributed by atoms with van der Waals surface area (Å²) in [5.74, 6) is 5.07. The molecule has 1 atom stereocenters. The summed E-state index contributed by atoms with van der Waals surface area (Å²) < 4.78 is 11.9. The Kier molecular flexibility index (Phi) is 6.71. The molecule has 1 N–H and O–H groups in total. The lowest BCUT2D eigenvalue weighted by Gasteiger charge is -2.27. The topological polar surface area (TPSA) is 30.5 Å². The molecule has 0 bridgehead atoms. The molecular formula is C16H24BrNO2S. The van der Waals surface area contributed by atoms with Gasteiger partial charge in [-0.25, -0.2) is 0 Å². The molecule has 1 saturated heterocycles. The van der Waals surface area contributed by atoms with Gasteiger partial charge in [0.05, 0.1) is 14.2 Å². The third kappa shape index (κ3) is 4.08. The number of benzene rings is 1. The predicted octanol–water partition coefficient (Wildman–Crippen LogP) is 4.26. The maximum atomic E-state index is 5.62. The van der Waals surface area contributed by atoms with Crippen molar-refractivity contribution in [2.24, 2.45) is 5.92 Å². The summed E-state index contributed by atoms with van der Waals surface area (Å²) in [6, 6.07) is 4.43. The van der Waals surface area contributed by atoms with Gasteiger partial charge in [0.1, 0.15) is 16.0 Å². The number of hydrogen-bond donors (Lipinski definition) is 1. The van der Waals surface area contributed by atoms with Crippen LogP contribution in [0.25, 0.3) is 0 Å². The van der Waals surface area contributed by atoms with Crippen LogP contribution in [0, 0.1) is 5.92 Å². The van der Waals surface area contributed by atoms with E-state index in [2.05, 4.69) is 39.1 Å². The summed E-state index contributed by atoms with van der Waals surface area (Å²) in [4.78, 5) is 0. The van der Waals surface area contributed by atoms with E-state index in [-0.39, 0.29) is 0 Å². The normalized spacial score (nSPS) is 17.5. The smallest absolute Gasteiger partial charge is 0.141 e. The Balaban J connectivity index is 2.22. The molecule has 0 aliphatic carbocycles. The van der Waals surface area contributed by atoms with Crippen LogP contribution >= 0.6 is 27.7 Å². The van der Waals surface area contributed by atoms with E-state index in [1.54, 1.807) is 14.2 Å². The SMILES string of the molecule is CNC(CC1CCSCC1)c1ccc(OC)c(Br)c1OC. The third-order valence-corrected chi connectivity index (χ3v) is 5.95. The average molecular weight is 374 g/mol. The summed E-state index contributed by atoms with van der Waals surface area (Å²) in [5, 5.41) is 3.46. The van der Waals surface area contributed by atoms with Crippen LogP contribution in [0.5, 0.6) is 11.5 Å². The maximum absolute atomic E-state index is 5.62. The van der Waals surface area contributed by atoms with E-state index in [4.69, 9.17) is 9.47 Å². The zero-order chi connectivity index (χ0) is 15.2. The summed E-state index contributed by atoms with van der Waals surface area (Å²) in [6.07, 6.45) is 3.80. The second-order valence-electron chi connectivity index (χ2n) is 5.34. The highest BCUT2D eigenvalue weighted by molar-refractivity contribution is 9.10. The van der Waals surface area contributed by atoms with Crippen molar-refractivity contribution in [1.29, 1.82) is 0 Å². The monoisotopic (exact) mass is 373 g/mol. The highest BCUT2D eigenvalue weighted by atomic mass is 79.9. The van der Waals surface area contributed by atoms with Gasteiger partial charge in [0.2, 0.25) is 0 Å². The molecule has 3 nitrogen and oxygen atoms in total. The van der Waals surface area contributed by atoms with Gasteiger partial charge in [0.15, 0.2) is 0 Å². The van der Waals surface area contributed by atoms with Gasteiger partial charge in [-0.1, -0.05) is 0 Å². The van der Waals surface area contributed by atoms with Crippen molar-refractivity contribution >= 4 is 27.7 Å². The minimum absolute atomic E-state index is 0.315. The number of nitrogens with one attached hydrogen (secondary N) is 1. The van der Waals surface area contributed by atoms with Crippen molar-refractivity contribution in [3.63, 3.8) is 0 Å². The van der Waals surface area contributed by atoms with E-state index in [1.807, 2.05) is 13.1 Å². The van der Waals surface area contributed by atoms with Crippen LogP contribution in [0.2, 0.25) is 0 Å². The molecule has 5 heteroatoms. The molecule has 0 saturated carbocycles. The zero-order valence-electron chi connectivity index (χ0n) is 12.9. The quantitative estimate of drug-likeness (QED) is 0.806. The Bertz CT molecular complexity index is 464. The average Bonchev–Trinajstić information content (AvgIpc) is 2.53. The molecule has 0 amide bonds. The highest BCUT2D eigenvalue weighted by Gasteiger charge is 2.23.